The number of rotatable bonds is 11. The third-order valence-corrected chi connectivity index (χ3v) is 6.84. The highest BCUT2D eigenvalue weighted by Crippen LogP contribution is 2.66. The summed E-state index contributed by atoms with van der Waals surface area (Å²) in [5.74, 6) is -1.99. The molecule has 0 amide bonds. The van der Waals surface area contributed by atoms with Crippen LogP contribution in [-0.4, -0.2) is 50.3 Å². The second kappa shape index (κ2) is 9.84. The minimum absolute atomic E-state index is 0.155. The average molecular weight is 482 g/mol. The Morgan fingerprint density at radius 2 is 1.66 bits per heavy atom. The number of azide groups is 1. The summed E-state index contributed by atoms with van der Waals surface area (Å²) in [5.41, 5.74) is 17.1. The van der Waals surface area contributed by atoms with Crippen molar-refractivity contribution in [1.29, 1.82) is 0 Å². The zero-order valence-corrected chi connectivity index (χ0v) is 17.4. The Bertz CT molecular complexity index is 817. The predicted octanol–water partition coefficient (Wildman–Crippen LogP) is 2.19. The summed E-state index contributed by atoms with van der Waals surface area (Å²) in [7, 11) is -16.5. The lowest BCUT2D eigenvalue weighted by molar-refractivity contribution is -0.110. The van der Waals surface area contributed by atoms with Gasteiger partial charge in [0.15, 0.2) is 0 Å². The van der Waals surface area contributed by atoms with Crippen molar-refractivity contribution in [2.75, 3.05) is 6.61 Å². The van der Waals surface area contributed by atoms with E-state index in [4.69, 9.17) is 35.2 Å². The fourth-order valence-electron chi connectivity index (χ4n) is 2.18. The van der Waals surface area contributed by atoms with E-state index >= 15 is 0 Å². The molecule has 2 unspecified atom stereocenters. The molecule has 21 heteroatoms. The molecule has 29 heavy (non-hydrogen) atoms. The van der Waals surface area contributed by atoms with E-state index in [2.05, 4.69) is 33.2 Å². The lowest BCUT2D eigenvalue weighted by atomic mass is 10.1. The second-order valence-corrected chi connectivity index (χ2v) is 10.00. The molecule has 1 saturated heterocycles. The van der Waals surface area contributed by atoms with Gasteiger partial charge in [0.2, 0.25) is 5.85 Å². The van der Waals surface area contributed by atoms with Gasteiger partial charge in [0.05, 0.1) is 18.8 Å². The maximum Gasteiger partial charge on any atom is 0.490 e. The Balaban J connectivity index is 2.83. The van der Waals surface area contributed by atoms with Gasteiger partial charge >= 0.3 is 23.5 Å². The Kier molecular flexibility index (Phi) is 8.82. The van der Waals surface area contributed by atoms with E-state index in [-0.39, 0.29) is 6.42 Å². The van der Waals surface area contributed by atoms with Crippen molar-refractivity contribution in [2.45, 2.75) is 44.4 Å². The van der Waals surface area contributed by atoms with Crippen molar-refractivity contribution >= 4 is 23.5 Å². The largest absolute Gasteiger partial charge is 0.490 e. The summed E-state index contributed by atoms with van der Waals surface area (Å²) in [6, 6.07) is 0. The molecule has 0 aromatic rings. The molecule has 166 valence electrons. The topological polar surface area (TPSA) is 276 Å². The first kappa shape index (κ1) is 26.0. The molecule has 0 spiro atoms. The molecule has 0 radical (unpaired) electrons. The molecule has 1 aliphatic heterocycles. The quantitative estimate of drug-likeness (QED) is 0.143. The molecule has 0 bridgehead atoms. The van der Waals surface area contributed by atoms with Crippen molar-refractivity contribution < 1.29 is 55.9 Å². The van der Waals surface area contributed by atoms with E-state index in [0.717, 1.165) is 6.92 Å². The maximum absolute atomic E-state index is 11.8. The monoisotopic (exact) mass is 482 g/mol. The summed E-state index contributed by atoms with van der Waals surface area (Å²) in [5, 5.41) is 6.43. The van der Waals surface area contributed by atoms with Gasteiger partial charge in [0.25, 0.3) is 0 Å². The van der Waals surface area contributed by atoms with Crippen LogP contribution in [0.5, 0.6) is 0 Å². The Labute approximate surface area is 162 Å². The molecule has 18 nitrogen and oxygen atoms in total. The van der Waals surface area contributed by atoms with E-state index in [1.54, 1.807) is 6.92 Å². The highest BCUT2D eigenvalue weighted by molar-refractivity contribution is 7.66. The molecule has 1 aliphatic rings. The van der Waals surface area contributed by atoms with Gasteiger partial charge in [-0.15, -0.1) is 0 Å². The molecule has 1 heterocycles. The van der Waals surface area contributed by atoms with Gasteiger partial charge in [0, 0.05) is 16.2 Å². The van der Waals surface area contributed by atoms with Crippen molar-refractivity contribution in [2.24, 2.45) is 10.2 Å². The zero-order chi connectivity index (χ0) is 22.5. The number of nitrogens with zero attached hydrogens (tertiary/aromatic N) is 6. The fraction of sp³-hybridized carbons (Fsp3) is 1.00. The highest BCUT2D eigenvalue weighted by Gasteiger charge is 2.43. The normalized spacial score (nSPS) is 28.3. The zero-order valence-electron chi connectivity index (χ0n) is 14.7. The van der Waals surface area contributed by atoms with Crippen LogP contribution in [0.25, 0.3) is 20.9 Å². The maximum atomic E-state index is 11.8. The van der Waals surface area contributed by atoms with E-state index in [1.807, 2.05) is 0 Å². The Morgan fingerprint density at radius 1 is 1.10 bits per heavy atom. The SMILES string of the molecule is C[C@H]1C[C@@H](OC(C)(N=[N+]=[N-])N=[N+]=[N-])[C@@H](COP(=O)(O)OP(=O)(O)OP(=O)(O)O)O1. The van der Waals surface area contributed by atoms with Crippen LogP contribution in [0.3, 0.4) is 0 Å². The third-order valence-electron chi connectivity index (χ3n) is 3.04. The first-order valence-electron chi connectivity index (χ1n) is 7.34. The molecule has 5 atom stereocenters. The number of hydrogen-bond donors (Lipinski definition) is 4. The molecule has 0 saturated carbocycles. The molecule has 0 aromatic carbocycles. The van der Waals surface area contributed by atoms with Crippen LogP contribution in [0.15, 0.2) is 10.2 Å². The third kappa shape index (κ3) is 9.53. The van der Waals surface area contributed by atoms with E-state index in [9.17, 15) is 18.6 Å². The van der Waals surface area contributed by atoms with Crippen LogP contribution in [0.2, 0.25) is 0 Å². The van der Waals surface area contributed by atoms with Crippen molar-refractivity contribution in [1.82, 2.24) is 0 Å². The Hall–Kier alpha value is -1.05. The highest BCUT2D eigenvalue weighted by atomic mass is 31.3. The Morgan fingerprint density at radius 3 is 2.14 bits per heavy atom. The van der Waals surface area contributed by atoms with E-state index in [0.29, 0.717) is 0 Å². The van der Waals surface area contributed by atoms with Crippen LogP contribution in [0.1, 0.15) is 20.3 Å². The van der Waals surface area contributed by atoms with Crippen molar-refractivity contribution in [3.63, 3.8) is 0 Å². The fourth-order valence-corrected chi connectivity index (χ4v) is 5.21. The minimum atomic E-state index is -5.66. The standard InChI is InChI=1S/C8H17N6O12P3/c1-5-3-6(24-8(2,11-13-9)12-14-10)7(23-5)4-22-28(18,19)26-29(20,21)25-27(15,16)17/h5-7H,3-4H2,1-2H3,(H,18,19)(H,20,21)(H2,15,16,17)/t5-,6+,7+/m0/s1. The van der Waals surface area contributed by atoms with Crippen molar-refractivity contribution in [3.8, 4) is 0 Å². The van der Waals surface area contributed by atoms with Gasteiger partial charge < -0.3 is 29.0 Å². The summed E-state index contributed by atoms with van der Waals surface area (Å²) in [4.78, 5) is 40.5. The first-order chi connectivity index (χ1) is 13.1. The van der Waals surface area contributed by atoms with E-state index in [1.165, 1.54) is 0 Å². The molecule has 0 aliphatic carbocycles. The summed E-state index contributed by atoms with van der Waals surface area (Å²) >= 11 is 0. The van der Waals surface area contributed by atoms with Gasteiger partial charge in [-0.3, -0.25) is 4.52 Å². The van der Waals surface area contributed by atoms with Crippen LogP contribution < -0.4 is 0 Å². The lowest BCUT2D eigenvalue weighted by Gasteiger charge is -2.27. The van der Waals surface area contributed by atoms with Crippen LogP contribution >= 0.6 is 23.5 Å². The van der Waals surface area contributed by atoms with Crippen LogP contribution in [0.4, 0.5) is 0 Å². The lowest BCUT2D eigenvalue weighted by Crippen LogP contribution is -2.36. The van der Waals surface area contributed by atoms with Gasteiger partial charge in [-0.25, -0.2) is 13.7 Å². The van der Waals surface area contributed by atoms with E-state index < -0.39 is 54.2 Å². The summed E-state index contributed by atoms with van der Waals surface area (Å²) in [6.07, 6.45) is -2.41. The number of phosphoric acid groups is 3. The molecule has 0 aromatic heterocycles. The van der Waals surface area contributed by atoms with Crippen LogP contribution in [-0.2, 0) is 36.3 Å². The first-order valence-corrected chi connectivity index (χ1v) is 11.9. The molecular formula is C8H17N6O12P3. The summed E-state index contributed by atoms with van der Waals surface area (Å²) in [6.45, 7) is 1.97. The number of phosphoric ester groups is 1. The van der Waals surface area contributed by atoms with Gasteiger partial charge in [0.1, 0.15) is 6.10 Å². The van der Waals surface area contributed by atoms with Gasteiger partial charge in [-0.1, -0.05) is 10.2 Å². The number of ether oxygens (including phenoxy) is 2. The molecular weight excluding hydrogens is 465 g/mol. The minimum Gasteiger partial charge on any atom is -0.370 e. The van der Waals surface area contributed by atoms with Crippen LogP contribution in [0, 0.1) is 0 Å². The molecule has 1 rings (SSSR count). The molecule has 1 fully saturated rings. The molecule has 4 N–H and O–H groups in total. The second-order valence-electron chi connectivity index (χ2n) is 5.58. The predicted molar refractivity (Wildman–Crippen MR) is 90.3 cm³/mol. The van der Waals surface area contributed by atoms with Gasteiger partial charge in [-0.2, -0.15) is 8.62 Å². The smallest absolute Gasteiger partial charge is 0.370 e. The summed E-state index contributed by atoms with van der Waals surface area (Å²) < 4.78 is 56.1. The number of hydrogen-bond acceptors (Lipinski definition) is 10. The van der Waals surface area contributed by atoms with Crippen molar-refractivity contribution in [3.05, 3.63) is 20.9 Å². The van der Waals surface area contributed by atoms with Gasteiger partial charge in [-0.05, 0) is 24.9 Å². The average Bonchev–Trinajstić information content (AvgIpc) is 2.81.